The number of quaternary nitrogens is 1. The second kappa shape index (κ2) is 24.2. The van der Waals surface area contributed by atoms with Gasteiger partial charge in [-0.15, -0.1) is 11.3 Å². The Kier molecular flexibility index (Phi) is 17.1. The van der Waals surface area contributed by atoms with Crippen LogP contribution in [-0.2, 0) is 51.2 Å². The van der Waals surface area contributed by atoms with Crippen molar-refractivity contribution in [2.45, 2.75) is 56.8 Å². The number of carbonyl (C=O) groups excluding carboxylic acids is 6. The minimum absolute atomic E-state index is 0.00810. The van der Waals surface area contributed by atoms with E-state index in [-0.39, 0.29) is 61.1 Å². The van der Waals surface area contributed by atoms with Gasteiger partial charge in [0.2, 0.25) is 11.8 Å². The van der Waals surface area contributed by atoms with Gasteiger partial charge in [0.05, 0.1) is 64.8 Å². The molecule has 4 N–H and O–H groups in total. The van der Waals surface area contributed by atoms with Gasteiger partial charge < -0.3 is 49.3 Å². The smallest absolute Gasteiger partial charge is 0.347 e. The standard InChI is InChI=1S/C53H59FN8O12S/c54-37-8-12-45(63)41(31-37)48(50(67)58-53-56-16-29-75-53)61-32-36-5-4-35(30-40(36)51(61)68)34-6-9-38(10-7-34)59-17-19-60(20-18-59)47(65)14-21-71-23-25-73-27-28-74-26-24-72-22-15-55-43-3-1-2-39-42(43)33-62(70,52(39)69)44-11-13-46(64)57-49(44)66/h1-6,8-10,12,16,29-31,34,44,48,55,63H,7,11,13-15,17-28,32-33H2,(H,56,58,67)(H,57,64,66). The number of hydroxylamine groups is 3. The Labute approximate surface area is 436 Å². The van der Waals surface area contributed by atoms with Gasteiger partial charge in [0.15, 0.2) is 11.2 Å². The van der Waals surface area contributed by atoms with Crippen LogP contribution in [0.1, 0.15) is 80.6 Å². The molecule has 5 heterocycles. The third-order valence-electron chi connectivity index (χ3n) is 14.0. The first-order chi connectivity index (χ1) is 36.4. The maximum Gasteiger partial charge on any atom is 0.347 e. The van der Waals surface area contributed by atoms with E-state index in [0.29, 0.717) is 114 Å². The molecule has 75 heavy (non-hydrogen) atoms. The van der Waals surface area contributed by atoms with Crippen molar-refractivity contribution in [3.05, 3.63) is 135 Å². The molecular formula is C53H59FN8O12S. The summed E-state index contributed by atoms with van der Waals surface area (Å²) in [5.74, 6) is -3.77. The van der Waals surface area contributed by atoms with Crippen molar-refractivity contribution in [2.24, 2.45) is 0 Å². The molecule has 4 unspecified atom stereocenters. The monoisotopic (exact) mass is 1050 g/mol. The molecule has 2 saturated heterocycles. The van der Waals surface area contributed by atoms with E-state index in [4.69, 9.17) is 18.9 Å². The lowest BCUT2D eigenvalue weighted by Gasteiger charge is -2.42. The molecule has 6 amide bonds. The molecule has 2 fully saturated rings. The maximum absolute atomic E-state index is 14.4. The van der Waals surface area contributed by atoms with Crippen LogP contribution in [0.5, 0.6) is 5.75 Å². The molecule has 0 bridgehead atoms. The first-order valence-electron chi connectivity index (χ1n) is 25.1. The minimum Gasteiger partial charge on any atom is -0.624 e. The Morgan fingerprint density at radius 2 is 1.67 bits per heavy atom. The normalized spacial score (nSPS) is 20.7. The summed E-state index contributed by atoms with van der Waals surface area (Å²) in [7, 11) is 0. The van der Waals surface area contributed by atoms with Crippen molar-refractivity contribution in [3.8, 4) is 5.75 Å². The summed E-state index contributed by atoms with van der Waals surface area (Å²) in [6.07, 6.45) is 8.93. The van der Waals surface area contributed by atoms with Gasteiger partial charge in [-0.05, 0) is 60.0 Å². The third-order valence-corrected chi connectivity index (χ3v) is 14.7. The van der Waals surface area contributed by atoms with Gasteiger partial charge in [0, 0.05) is 97.7 Å². The van der Waals surface area contributed by atoms with E-state index in [1.54, 1.807) is 23.6 Å². The SMILES string of the molecule is O=C1CCC([N+]2([O-])Cc3c(NCCOCCOCCOCCOCCC(=O)N4CCN(C5=CCC(c6ccc7c(c6)C(=O)N(C(C(=O)Nc6nccs6)c6cc(F)ccc6O)C7)C=C5)CC4)cccc3C2=O)C(=O)N1. The number of rotatable bonds is 23. The van der Waals surface area contributed by atoms with E-state index in [1.807, 2.05) is 23.1 Å². The number of phenols is 1. The molecule has 0 radical (unpaired) electrons. The molecular weight excluding hydrogens is 992 g/mol. The lowest BCUT2D eigenvalue weighted by Crippen LogP contribution is -2.60. The number of carbonyl (C=O) groups is 6. The van der Waals surface area contributed by atoms with Crippen LogP contribution in [0.3, 0.4) is 0 Å². The highest BCUT2D eigenvalue weighted by Gasteiger charge is 2.50. The summed E-state index contributed by atoms with van der Waals surface area (Å²) in [5.41, 5.74) is 4.61. The number of benzene rings is 3. The first kappa shape index (κ1) is 52.9. The number of halogens is 1. The van der Waals surface area contributed by atoms with E-state index in [0.717, 1.165) is 29.0 Å². The maximum atomic E-state index is 14.4. The molecule has 9 rings (SSSR count). The number of allylic oxidation sites excluding steroid dienone is 3. The largest absolute Gasteiger partial charge is 0.624 e. The fourth-order valence-electron chi connectivity index (χ4n) is 10.0. The van der Waals surface area contributed by atoms with Gasteiger partial charge in [-0.3, -0.25) is 39.3 Å². The van der Waals surface area contributed by atoms with Crippen molar-refractivity contribution in [3.63, 3.8) is 0 Å². The number of thiazole rings is 1. The molecule has 20 nitrogen and oxygen atoms in total. The molecule has 1 aromatic heterocycles. The number of piperazine rings is 1. The number of phenolic OH excluding ortho intramolecular Hbond substituents is 1. The third kappa shape index (κ3) is 12.3. The predicted octanol–water partition coefficient (Wildman–Crippen LogP) is 4.74. The first-order valence-corrected chi connectivity index (χ1v) is 25.9. The molecule has 4 aromatic rings. The fourth-order valence-corrected chi connectivity index (χ4v) is 10.6. The number of amides is 6. The second-order valence-corrected chi connectivity index (χ2v) is 19.6. The molecule has 396 valence electrons. The van der Waals surface area contributed by atoms with Crippen molar-refractivity contribution >= 4 is 57.6 Å². The average Bonchev–Trinajstić information content (AvgIpc) is 4.12. The molecule has 5 aliphatic rings. The molecule has 4 aliphatic heterocycles. The number of imide groups is 1. The summed E-state index contributed by atoms with van der Waals surface area (Å²) in [6.45, 7) is 5.69. The van der Waals surface area contributed by atoms with E-state index < -0.39 is 52.1 Å². The number of fused-ring (bicyclic) bond motifs is 2. The number of nitrogens with zero attached hydrogens (tertiary/aromatic N) is 5. The Morgan fingerprint density at radius 1 is 0.920 bits per heavy atom. The Hall–Kier alpha value is -6.92. The van der Waals surface area contributed by atoms with Crippen molar-refractivity contribution in [1.82, 2.24) is 25.0 Å². The molecule has 3 aromatic carbocycles. The summed E-state index contributed by atoms with van der Waals surface area (Å²) < 4.78 is 35.6. The number of nitrogens with one attached hydrogen (secondary N) is 3. The second-order valence-electron chi connectivity index (χ2n) is 18.7. The Bertz CT molecular complexity index is 2840. The van der Waals surface area contributed by atoms with E-state index in [9.17, 15) is 43.5 Å². The van der Waals surface area contributed by atoms with Crippen LogP contribution in [0.15, 0.2) is 90.1 Å². The molecule has 1 aliphatic carbocycles. The summed E-state index contributed by atoms with van der Waals surface area (Å²) >= 11 is 1.20. The molecule has 22 heteroatoms. The summed E-state index contributed by atoms with van der Waals surface area (Å²) in [5, 5.41) is 34.5. The van der Waals surface area contributed by atoms with Gasteiger partial charge >= 0.3 is 5.91 Å². The number of aromatic hydroxyl groups is 1. The van der Waals surface area contributed by atoms with Crippen molar-refractivity contribution in [1.29, 1.82) is 0 Å². The van der Waals surface area contributed by atoms with Gasteiger partial charge in [0.1, 0.15) is 24.2 Å². The zero-order valence-corrected chi connectivity index (χ0v) is 42.0. The predicted molar refractivity (Wildman–Crippen MR) is 271 cm³/mol. The Balaban J connectivity index is 0.611. The molecule has 0 saturated carbocycles. The summed E-state index contributed by atoms with van der Waals surface area (Å²) in [6, 6.07) is 11.6. The topological polar surface area (TPSA) is 241 Å². The van der Waals surface area contributed by atoms with Gasteiger partial charge in [0.25, 0.3) is 17.7 Å². The van der Waals surface area contributed by atoms with Crippen LogP contribution in [-0.4, -0.2) is 157 Å². The molecule has 0 spiro atoms. The van der Waals surface area contributed by atoms with Gasteiger partial charge in [-0.2, -0.15) is 0 Å². The zero-order valence-electron chi connectivity index (χ0n) is 41.2. The zero-order chi connectivity index (χ0) is 52.5. The van der Waals surface area contributed by atoms with Crippen LogP contribution in [0.4, 0.5) is 15.2 Å². The van der Waals surface area contributed by atoms with Crippen LogP contribution in [0.2, 0.25) is 0 Å². The number of anilines is 2. The van der Waals surface area contributed by atoms with Crippen molar-refractivity contribution < 1.29 is 61.9 Å². The average molecular weight is 1050 g/mol. The lowest BCUT2D eigenvalue weighted by atomic mass is 9.89. The summed E-state index contributed by atoms with van der Waals surface area (Å²) in [4.78, 5) is 87.3. The van der Waals surface area contributed by atoms with E-state index >= 15 is 0 Å². The highest BCUT2D eigenvalue weighted by molar-refractivity contribution is 7.13. The van der Waals surface area contributed by atoms with Crippen LogP contribution < -0.4 is 16.0 Å². The quantitative estimate of drug-likeness (QED) is 0.0340. The van der Waals surface area contributed by atoms with Crippen LogP contribution >= 0.6 is 11.3 Å². The Morgan fingerprint density at radius 3 is 2.37 bits per heavy atom. The van der Waals surface area contributed by atoms with Crippen molar-refractivity contribution in [2.75, 3.05) is 96.2 Å². The van der Waals surface area contributed by atoms with Crippen LogP contribution in [0.25, 0.3) is 0 Å². The number of hydrogen-bond acceptors (Lipinski definition) is 16. The number of piperidine rings is 1. The van der Waals surface area contributed by atoms with Gasteiger partial charge in [-0.1, -0.05) is 30.4 Å². The highest BCUT2D eigenvalue weighted by Crippen LogP contribution is 2.40. The van der Waals surface area contributed by atoms with E-state index in [2.05, 4.69) is 44.1 Å². The number of aromatic nitrogens is 1. The minimum atomic E-state index is -1.34. The van der Waals surface area contributed by atoms with Gasteiger partial charge in [-0.25, -0.2) is 14.2 Å². The number of hydrogen-bond donors (Lipinski definition) is 4. The lowest BCUT2D eigenvalue weighted by molar-refractivity contribution is -0.825. The fraction of sp³-hybridized carbons (Fsp3) is 0.415. The van der Waals surface area contributed by atoms with Crippen LogP contribution in [0, 0.1) is 11.0 Å². The van der Waals surface area contributed by atoms with E-state index in [1.165, 1.54) is 28.5 Å². The number of ether oxygens (including phenoxy) is 4. The molecule has 4 atom stereocenters. The highest BCUT2D eigenvalue weighted by atomic mass is 32.1.